The Morgan fingerprint density at radius 2 is 2.43 bits per heavy atom. The van der Waals surface area contributed by atoms with Gasteiger partial charge in [0.25, 0.3) is 5.91 Å². The van der Waals surface area contributed by atoms with E-state index in [-0.39, 0.29) is 5.91 Å². The van der Waals surface area contributed by atoms with Crippen molar-refractivity contribution in [2.24, 2.45) is 11.7 Å². The van der Waals surface area contributed by atoms with E-state index < -0.39 is 0 Å². The van der Waals surface area contributed by atoms with E-state index in [0.29, 0.717) is 19.0 Å². The zero-order chi connectivity index (χ0) is 10.6. The predicted octanol–water partition coefficient (Wildman–Crippen LogP) is 1.41. The summed E-state index contributed by atoms with van der Waals surface area (Å²) in [5, 5.41) is 1.91. The molecule has 1 unspecified atom stereocenters. The van der Waals surface area contributed by atoms with Crippen molar-refractivity contribution in [1.29, 1.82) is 0 Å². The Bertz CT molecular complexity index is 284. The lowest BCUT2D eigenvalue weighted by Gasteiger charge is -2.19. The summed E-state index contributed by atoms with van der Waals surface area (Å²) < 4.78 is 0. The van der Waals surface area contributed by atoms with E-state index in [2.05, 4.69) is 0 Å². The minimum absolute atomic E-state index is 0.0836. The van der Waals surface area contributed by atoms with Crippen LogP contribution in [0.1, 0.15) is 16.6 Å². The largest absolute Gasteiger partial charge is 0.341 e. The first-order chi connectivity index (χ1) is 6.65. The highest BCUT2D eigenvalue weighted by molar-refractivity contribution is 7.12. The van der Waals surface area contributed by atoms with Gasteiger partial charge in [-0.1, -0.05) is 13.0 Å². The highest BCUT2D eigenvalue weighted by atomic mass is 32.1. The van der Waals surface area contributed by atoms with Gasteiger partial charge >= 0.3 is 0 Å². The highest BCUT2D eigenvalue weighted by Crippen LogP contribution is 2.11. The molecule has 3 nitrogen and oxygen atoms in total. The van der Waals surface area contributed by atoms with Gasteiger partial charge in [-0.3, -0.25) is 4.79 Å². The molecule has 1 rings (SSSR count). The number of nitrogens with two attached hydrogens (primary N) is 1. The molecule has 2 N–H and O–H groups in total. The first-order valence-electron chi connectivity index (χ1n) is 4.64. The second-order valence-electron chi connectivity index (χ2n) is 3.50. The standard InChI is InChI=1S/C10H16N2OS/c1-8(6-11)7-12(2)10(13)9-4-3-5-14-9/h3-5,8H,6-7,11H2,1-2H3. The normalized spacial score (nSPS) is 12.5. The quantitative estimate of drug-likeness (QED) is 0.820. The van der Waals surface area contributed by atoms with Crippen LogP contribution < -0.4 is 5.73 Å². The fourth-order valence-corrected chi connectivity index (χ4v) is 1.93. The molecular weight excluding hydrogens is 196 g/mol. The van der Waals surface area contributed by atoms with Gasteiger partial charge in [0.2, 0.25) is 0 Å². The third kappa shape index (κ3) is 2.82. The lowest BCUT2D eigenvalue weighted by atomic mass is 10.2. The maximum atomic E-state index is 11.8. The summed E-state index contributed by atoms with van der Waals surface area (Å²) in [4.78, 5) is 14.3. The fourth-order valence-electron chi connectivity index (χ4n) is 1.21. The van der Waals surface area contributed by atoms with Crippen LogP contribution in [0.3, 0.4) is 0 Å². The van der Waals surface area contributed by atoms with Crippen LogP contribution in [0.15, 0.2) is 17.5 Å². The molecule has 0 fully saturated rings. The number of carbonyl (C=O) groups is 1. The summed E-state index contributed by atoms with van der Waals surface area (Å²) in [6.07, 6.45) is 0. The van der Waals surface area contributed by atoms with Crippen LogP contribution in [0.25, 0.3) is 0 Å². The Balaban J connectivity index is 2.53. The maximum absolute atomic E-state index is 11.8. The van der Waals surface area contributed by atoms with Gasteiger partial charge in [-0.25, -0.2) is 0 Å². The molecule has 0 spiro atoms. The topological polar surface area (TPSA) is 46.3 Å². The van der Waals surface area contributed by atoms with E-state index in [9.17, 15) is 4.79 Å². The zero-order valence-electron chi connectivity index (χ0n) is 8.56. The molecule has 0 bridgehead atoms. The molecule has 0 aromatic carbocycles. The fraction of sp³-hybridized carbons (Fsp3) is 0.500. The lowest BCUT2D eigenvalue weighted by Crippen LogP contribution is -2.33. The van der Waals surface area contributed by atoms with Crippen molar-refractivity contribution in [3.8, 4) is 0 Å². The Kier molecular flexibility index (Phi) is 4.10. The predicted molar refractivity (Wildman–Crippen MR) is 59.5 cm³/mol. The van der Waals surface area contributed by atoms with Crippen LogP contribution in [0.4, 0.5) is 0 Å². The summed E-state index contributed by atoms with van der Waals surface area (Å²) in [5.41, 5.74) is 5.50. The Morgan fingerprint density at radius 3 is 2.93 bits per heavy atom. The van der Waals surface area contributed by atoms with E-state index in [1.165, 1.54) is 11.3 Å². The molecule has 14 heavy (non-hydrogen) atoms. The summed E-state index contributed by atoms with van der Waals surface area (Å²) in [6.45, 7) is 3.37. The van der Waals surface area contributed by atoms with Gasteiger partial charge in [0.05, 0.1) is 4.88 Å². The molecule has 0 aliphatic rings. The Hall–Kier alpha value is -0.870. The highest BCUT2D eigenvalue weighted by Gasteiger charge is 2.14. The molecule has 0 saturated heterocycles. The van der Waals surface area contributed by atoms with Crippen LogP contribution in [-0.4, -0.2) is 30.9 Å². The van der Waals surface area contributed by atoms with E-state index >= 15 is 0 Å². The number of rotatable bonds is 4. The van der Waals surface area contributed by atoms with Crippen LogP contribution in [0.2, 0.25) is 0 Å². The molecule has 0 radical (unpaired) electrons. The molecule has 1 aromatic rings. The summed E-state index contributed by atoms with van der Waals surface area (Å²) in [6, 6.07) is 3.73. The van der Waals surface area contributed by atoms with E-state index in [0.717, 1.165) is 4.88 Å². The average molecular weight is 212 g/mol. The Labute approximate surface area is 88.5 Å². The number of carbonyl (C=O) groups excluding carboxylic acids is 1. The van der Waals surface area contributed by atoms with E-state index in [4.69, 9.17) is 5.73 Å². The number of hydrogen-bond donors (Lipinski definition) is 1. The number of hydrogen-bond acceptors (Lipinski definition) is 3. The molecular formula is C10H16N2OS. The first-order valence-corrected chi connectivity index (χ1v) is 5.52. The Morgan fingerprint density at radius 1 is 1.71 bits per heavy atom. The second-order valence-corrected chi connectivity index (χ2v) is 4.45. The van der Waals surface area contributed by atoms with Crippen LogP contribution in [-0.2, 0) is 0 Å². The van der Waals surface area contributed by atoms with E-state index in [1.54, 1.807) is 4.90 Å². The van der Waals surface area contributed by atoms with Gasteiger partial charge < -0.3 is 10.6 Å². The van der Waals surface area contributed by atoms with Crippen molar-refractivity contribution in [3.05, 3.63) is 22.4 Å². The van der Waals surface area contributed by atoms with Crippen molar-refractivity contribution in [3.63, 3.8) is 0 Å². The number of thiophene rings is 1. The van der Waals surface area contributed by atoms with Gasteiger partial charge in [0.1, 0.15) is 0 Å². The number of nitrogens with zero attached hydrogens (tertiary/aromatic N) is 1. The average Bonchev–Trinajstić information content (AvgIpc) is 2.69. The second kappa shape index (κ2) is 5.12. The molecule has 1 heterocycles. The lowest BCUT2D eigenvalue weighted by molar-refractivity contribution is 0.0782. The van der Waals surface area contributed by atoms with Crippen LogP contribution in [0, 0.1) is 5.92 Å². The molecule has 4 heteroatoms. The van der Waals surface area contributed by atoms with Gasteiger partial charge in [0, 0.05) is 13.6 Å². The molecule has 1 atom stereocenters. The van der Waals surface area contributed by atoms with Gasteiger partial charge in [-0.15, -0.1) is 11.3 Å². The summed E-state index contributed by atoms with van der Waals surface area (Å²) in [7, 11) is 1.81. The van der Waals surface area contributed by atoms with Crippen molar-refractivity contribution < 1.29 is 4.79 Å². The molecule has 0 aliphatic carbocycles. The monoisotopic (exact) mass is 212 g/mol. The molecule has 0 saturated carbocycles. The maximum Gasteiger partial charge on any atom is 0.263 e. The zero-order valence-corrected chi connectivity index (χ0v) is 9.38. The van der Waals surface area contributed by atoms with Gasteiger partial charge in [-0.05, 0) is 23.9 Å². The van der Waals surface area contributed by atoms with Gasteiger partial charge in [0.15, 0.2) is 0 Å². The summed E-state index contributed by atoms with van der Waals surface area (Å²) in [5.74, 6) is 0.434. The van der Waals surface area contributed by atoms with Crippen LogP contribution >= 0.6 is 11.3 Å². The third-order valence-electron chi connectivity index (χ3n) is 2.07. The third-order valence-corrected chi connectivity index (χ3v) is 2.92. The van der Waals surface area contributed by atoms with Crippen molar-refractivity contribution in [1.82, 2.24) is 4.90 Å². The molecule has 0 aliphatic heterocycles. The van der Waals surface area contributed by atoms with E-state index in [1.807, 2.05) is 31.5 Å². The SMILES string of the molecule is CC(CN)CN(C)C(=O)c1cccs1. The molecule has 78 valence electrons. The number of amides is 1. The van der Waals surface area contributed by atoms with Crippen molar-refractivity contribution in [2.45, 2.75) is 6.92 Å². The van der Waals surface area contributed by atoms with Gasteiger partial charge in [-0.2, -0.15) is 0 Å². The molecule has 1 amide bonds. The smallest absolute Gasteiger partial charge is 0.263 e. The first kappa shape index (κ1) is 11.2. The van der Waals surface area contributed by atoms with Crippen molar-refractivity contribution >= 4 is 17.2 Å². The minimum atomic E-state index is 0.0836. The summed E-state index contributed by atoms with van der Waals surface area (Å²) >= 11 is 1.47. The van der Waals surface area contributed by atoms with Crippen molar-refractivity contribution in [2.75, 3.05) is 20.1 Å². The molecule has 1 aromatic heterocycles. The van der Waals surface area contributed by atoms with Crippen LogP contribution in [0.5, 0.6) is 0 Å². The minimum Gasteiger partial charge on any atom is -0.341 e.